The number of hydrogen-bond acceptors (Lipinski definition) is 4. The molecule has 0 saturated carbocycles. The predicted molar refractivity (Wildman–Crippen MR) is 107 cm³/mol. The Labute approximate surface area is 161 Å². The van der Waals surface area contributed by atoms with Gasteiger partial charge in [0, 0.05) is 13.1 Å². The fourth-order valence-electron chi connectivity index (χ4n) is 2.95. The van der Waals surface area contributed by atoms with Crippen molar-refractivity contribution in [2.24, 2.45) is 4.99 Å². The highest BCUT2D eigenvalue weighted by molar-refractivity contribution is 8.00. The maximum absolute atomic E-state index is 12.2. The van der Waals surface area contributed by atoms with Crippen LogP contribution in [0.1, 0.15) is 19.3 Å². The molecule has 0 spiro atoms. The number of carbonyl (C=O) groups is 2. The van der Waals surface area contributed by atoms with E-state index in [-0.39, 0.29) is 17.6 Å². The summed E-state index contributed by atoms with van der Waals surface area (Å²) in [5, 5.41) is 0. The van der Waals surface area contributed by atoms with Crippen LogP contribution in [0.15, 0.2) is 29.3 Å². The molecule has 1 fully saturated rings. The Balaban J connectivity index is 1.63. The van der Waals surface area contributed by atoms with Crippen molar-refractivity contribution in [2.45, 2.75) is 25.8 Å². The lowest BCUT2D eigenvalue weighted by Gasteiger charge is -2.26. The molecular weight excluding hydrogens is 366 g/mol. The molecular formula is C19H21N3O2S2. The normalized spacial score (nSPS) is 15.2. The van der Waals surface area contributed by atoms with Gasteiger partial charge < -0.3 is 9.47 Å². The minimum atomic E-state index is -0.237. The molecule has 26 heavy (non-hydrogen) atoms. The topological polar surface area (TPSA) is 54.7 Å². The van der Waals surface area contributed by atoms with E-state index in [4.69, 9.17) is 6.42 Å². The molecule has 136 valence electrons. The number of para-hydroxylation sites is 1. The van der Waals surface area contributed by atoms with Crippen LogP contribution in [0, 0.1) is 12.3 Å². The van der Waals surface area contributed by atoms with Gasteiger partial charge in [0.2, 0.25) is 5.91 Å². The molecule has 3 rings (SSSR count). The van der Waals surface area contributed by atoms with Crippen molar-refractivity contribution in [3.63, 3.8) is 0 Å². The van der Waals surface area contributed by atoms with Crippen molar-refractivity contribution in [3.05, 3.63) is 29.1 Å². The number of terminal acetylenes is 1. The van der Waals surface area contributed by atoms with Crippen molar-refractivity contribution < 1.29 is 9.59 Å². The summed E-state index contributed by atoms with van der Waals surface area (Å²) in [6, 6.07) is 7.85. The fraction of sp³-hybridized carbons (Fsp3) is 0.421. The Bertz CT molecular complexity index is 901. The standard InChI is InChI=1S/C19H21N3O2S2/c1-2-10-22-15-8-4-5-9-16(15)26-19(22)20-17(23)13-25-14-18(24)21-11-6-3-7-12-21/h1,4-5,8-9H,3,6-7,10-14H2. The summed E-state index contributed by atoms with van der Waals surface area (Å²) in [7, 11) is 0. The third-order valence-corrected chi connectivity index (χ3v) is 6.18. The van der Waals surface area contributed by atoms with E-state index in [0.29, 0.717) is 17.1 Å². The van der Waals surface area contributed by atoms with Crippen molar-refractivity contribution >= 4 is 45.1 Å². The van der Waals surface area contributed by atoms with E-state index in [1.165, 1.54) is 29.5 Å². The first-order valence-corrected chi connectivity index (χ1v) is 10.6. The molecule has 2 aromatic rings. The second-order valence-corrected chi connectivity index (χ2v) is 8.08. The molecule has 5 nitrogen and oxygen atoms in total. The van der Waals surface area contributed by atoms with Gasteiger partial charge in [0.25, 0.3) is 5.91 Å². The van der Waals surface area contributed by atoms with Gasteiger partial charge in [0.15, 0.2) is 4.80 Å². The van der Waals surface area contributed by atoms with Crippen LogP contribution >= 0.6 is 23.1 Å². The smallest absolute Gasteiger partial charge is 0.258 e. The molecule has 1 aromatic carbocycles. The van der Waals surface area contributed by atoms with Gasteiger partial charge in [0.05, 0.1) is 28.3 Å². The summed E-state index contributed by atoms with van der Waals surface area (Å²) in [4.78, 5) is 31.1. The van der Waals surface area contributed by atoms with Crippen LogP contribution in [0.2, 0.25) is 0 Å². The number of nitrogens with zero attached hydrogens (tertiary/aromatic N) is 3. The number of likely N-dealkylation sites (tertiary alicyclic amines) is 1. The van der Waals surface area contributed by atoms with Crippen molar-refractivity contribution in [1.29, 1.82) is 0 Å². The summed E-state index contributed by atoms with van der Waals surface area (Å²) in [6.45, 7) is 2.05. The highest BCUT2D eigenvalue weighted by Crippen LogP contribution is 2.16. The third kappa shape index (κ3) is 4.57. The van der Waals surface area contributed by atoms with Crippen molar-refractivity contribution in [2.75, 3.05) is 24.6 Å². The number of benzene rings is 1. The largest absolute Gasteiger partial charge is 0.342 e. The SMILES string of the molecule is C#CCn1c(=NC(=O)CSCC(=O)N2CCCCC2)sc2ccccc21. The number of aromatic nitrogens is 1. The molecule has 0 unspecified atom stereocenters. The van der Waals surface area contributed by atoms with E-state index in [2.05, 4.69) is 10.9 Å². The van der Waals surface area contributed by atoms with Gasteiger partial charge in [-0.1, -0.05) is 29.4 Å². The highest BCUT2D eigenvalue weighted by atomic mass is 32.2. The number of carbonyl (C=O) groups excluding carboxylic acids is 2. The molecule has 0 radical (unpaired) electrons. The van der Waals surface area contributed by atoms with E-state index in [0.717, 1.165) is 36.1 Å². The zero-order valence-electron chi connectivity index (χ0n) is 14.5. The predicted octanol–water partition coefficient (Wildman–Crippen LogP) is 2.51. The van der Waals surface area contributed by atoms with Crippen molar-refractivity contribution in [3.8, 4) is 12.3 Å². The van der Waals surface area contributed by atoms with E-state index in [9.17, 15) is 9.59 Å². The lowest BCUT2D eigenvalue weighted by Crippen LogP contribution is -2.36. The molecule has 0 aliphatic carbocycles. The number of fused-ring (bicyclic) bond motifs is 1. The average Bonchev–Trinajstić information content (AvgIpc) is 3.00. The summed E-state index contributed by atoms with van der Waals surface area (Å²) in [5.74, 6) is 3.02. The number of hydrogen-bond donors (Lipinski definition) is 0. The molecule has 1 aliphatic heterocycles. The highest BCUT2D eigenvalue weighted by Gasteiger charge is 2.16. The second-order valence-electron chi connectivity index (χ2n) is 6.08. The molecule has 1 saturated heterocycles. The van der Waals surface area contributed by atoms with Crippen LogP contribution < -0.4 is 4.80 Å². The van der Waals surface area contributed by atoms with Gasteiger partial charge in [-0.3, -0.25) is 9.59 Å². The monoisotopic (exact) mass is 387 g/mol. The first-order chi connectivity index (χ1) is 12.7. The third-order valence-electron chi connectivity index (χ3n) is 4.22. The van der Waals surface area contributed by atoms with Gasteiger partial charge >= 0.3 is 0 Å². The Morgan fingerprint density at radius 2 is 1.96 bits per heavy atom. The van der Waals surface area contributed by atoms with Gasteiger partial charge in [-0.05, 0) is 31.4 Å². The van der Waals surface area contributed by atoms with Crippen molar-refractivity contribution in [1.82, 2.24) is 9.47 Å². The summed E-state index contributed by atoms with van der Waals surface area (Å²) >= 11 is 2.78. The zero-order valence-corrected chi connectivity index (χ0v) is 16.2. The molecule has 0 bridgehead atoms. The molecule has 2 heterocycles. The van der Waals surface area contributed by atoms with Crippen LogP contribution in [0.4, 0.5) is 0 Å². The van der Waals surface area contributed by atoms with E-state index in [1.54, 1.807) is 0 Å². The second kappa shape index (κ2) is 9.06. The molecule has 1 aromatic heterocycles. The number of amides is 2. The molecule has 1 aliphatic rings. The maximum atomic E-state index is 12.2. The Morgan fingerprint density at radius 3 is 2.73 bits per heavy atom. The first kappa shape index (κ1) is 18.7. The van der Waals surface area contributed by atoms with Gasteiger partial charge in [-0.2, -0.15) is 4.99 Å². The van der Waals surface area contributed by atoms with Gasteiger partial charge in [-0.15, -0.1) is 18.2 Å². The molecule has 0 atom stereocenters. The summed E-state index contributed by atoms with van der Waals surface area (Å²) < 4.78 is 2.92. The first-order valence-electron chi connectivity index (χ1n) is 8.64. The van der Waals surface area contributed by atoms with Crippen LogP contribution in [-0.2, 0) is 16.1 Å². The van der Waals surface area contributed by atoms with Crippen LogP contribution in [0.5, 0.6) is 0 Å². The van der Waals surface area contributed by atoms with Crippen LogP contribution in [0.3, 0.4) is 0 Å². The van der Waals surface area contributed by atoms with E-state index < -0.39 is 0 Å². The van der Waals surface area contributed by atoms with E-state index >= 15 is 0 Å². The lowest BCUT2D eigenvalue weighted by molar-refractivity contribution is -0.129. The minimum absolute atomic E-state index is 0.117. The lowest BCUT2D eigenvalue weighted by atomic mass is 10.1. The average molecular weight is 388 g/mol. The number of thioether (sulfide) groups is 1. The molecule has 7 heteroatoms. The Kier molecular flexibility index (Phi) is 6.53. The number of rotatable bonds is 5. The maximum Gasteiger partial charge on any atom is 0.258 e. The fourth-order valence-corrected chi connectivity index (χ4v) is 4.69. The van der Waals surface area contributed by atoms with Crippen LogP contribution in [0.25, 0.3) is 10.2 Å². The quantitative estimate of drug-likeness (QED) is 0.741. The van der Waals surface area contributed by atoms with E-state index in [1.807, 2.05) is 33.7 Å². The summed E-state index contributed by atoms with van der Waals surface area (Å²) in [6.07, 6.45) is 8.80. The Morgan fingerprint density at radius 1 is 1.19 bits per heavy atom. The zero-order chi connectivity index (χ0) is 18.4. The number of thiazole rings is 1. The van der Waals surface area contributed by atoms with Gasteiger partial charge in [0.1, 0.15) is 0 Å². The van der Waals surface area contributed by atoms with Crippen LogP contribution in [-0.4, -0.2) is 45.9 Å². The molecule has 2 amide bonds. The van der Waals surface area contributed by atoms with Gasteiger partial charge in [-0.25, -0.2) is 0 Å². The minimum Gasteiger partial charge on any atom is -0.342 e. The molecule has 0 N–H and O–H groups in total. The summed E-state index contributed by atoms with van der Waals surface area (Å²) in [5.41, 5.74) is 0.981. The Hall–Kier alpha value is -2.04. The number of piperidine rings is 1.